The highest BCUT2D eigenvalue weighted by Gasteiger charge is 2.46. The smallest absolute Gasteiger partial charge is 0.424 e. The number of hydrogen-bond acceptors (Lipinski definition) is 8. The number of hydrogen-bond donors (Lipinski definition) is 3. The highest BCUT2D eigenvalue weighted by atomic mass is 16.6. The highest BCUT2D eigenvalue weighted by Crippen LogP contribution is 2.49. The van der Waals surface area contributed by atoms with Crippen LogP contribution in [0.5, 0.6) is 0 Å². The summed E-state index contributed by atoms with van der Waals surface area (Å²) in [6.45, 7) is 1.66. The average molecular weight is 953 g/mol. The minimum atomic E-state index is -0.987. The number of aromatic nitrogens is 4. The van der Waals surface area contributed by atoms with Crippen molar-refractivity contribution < 1.29 is 28.7 Å². The van der Waals surface area contributed by atoms with E-state index in [0.29, 0.717) is 45.2 Å². The molecule has 14 rings (SSSR count). The fourth-order valence-corrected chi connectivity index (χ4v) is 11.7. The van der Waals surface area contributed by atoms with Crippen molar-refractivity contribution in [1.82, 2.24) is 29.3 Å². The van der Waals surface area contributed by atoms with E-state index in [1.807, 2.05) is 115 Å². The quantitative estimate of drug-likeness (QED) is 0.0497. The van der Waals surface area contributed by atoms with Gasteiger partial charge in [0.15, 0.2) is 0 Å². The number of H-pyrrole nitrogens is 2. The van der Waals surface area contributed by atoms with E-state index in [9.17, 15) is 24.0 Å². The Morgan fingerprint density at radius 3 is 1.50 bits per heavy atom. The summed E-state index contributed by atoms with van der Waals surface area (Å²) in [7, 11) is 0. The third kappa shape index (κ3) is 5.93. The molecule has 72 heavy (non-hydrogen) atoms. The topological polar surface area (TPSA) is 249 Å². The molecular formula is C54H40N12O6. The van der Waals surface area contributed by atoms with Gasteiger partial charge in [-0.1, -0.05) is 115 Å². The lowest BCUT2D eigenvalue weighted by molar-refractivity contribution is 0.0596. The first kappa shape index (κ1) is 43.6. The number of ether oxygens (including phenoxy) is 1. The van der Waals surface area contributed by atoms with Gasteiger partial charge in [-0.3, -0.25) is 24.5 Å². The normalized spacial score (nSPS) is 18.9. The van der Waals surface area contributed by atoms with Crippen molar-refractivity contribution in [3.63, 3.8) is 0 Å². The van der Waals surface area contributed by atoms with Gasteiger partial charge in [0.2, 0.25) is 0 Å². The van der Waals surface area contributed by atoms with Crippen LogP contribution in [0.4, 0.5) is 4.79 Å². The molecule has 10 aromatic rings. The molecule has 0 spiro atoms. The first-order valence-corrected chi connectivity index (χ1v) is 23.1. The van der Waals surface area contributed by atoms with Crippen molar-refractivity contribution in [3.05, 3.63) is 165 Å². The second kappa shape index (κ2) is 16.2. The van der Waals surface area contributed by atoms with Crippen molar-refractivity contribution in [3.8, 4) is 0 Å². The number of amides is 5. The van der Waals surface area contributed by atoms with Crippen LogP contribution in [0.15, 0.2) is 132 Å². The van der Waals surface area contributed by atoms with E-state index >= 15 is 0 Å². The zero-order chi connectivity index (χ0) is 48.4. The van der Waals surface area contributed by atoms with Crippen LogP contribution in [0.2, 0.25) is 0 Å². The number of fused-ring (bicyclic) bond motifs is 20. The molecule has 0 bridgehead atoms. The Labute approximate surface area is 406 Å². The second-order valence-electron chi connectivity index (χ2n) is 17.9. The number of aromatic amines is 2. The summed E-state index contributed by atoms with van der Waals surface area (Å²) in [5, 5.41) is 16.4. The summed E-state index contributed by atoms with van der Waals surface area (Å²) in [5.41, 5.74) is 25.8. The highest BCUT2D eigenvalue weighted by molar-refractivity contribution is 6.42. The van der Waals surface area contributed by atoms with E-state index in [1.54, 1.807) is 6.92 Å². The predicted octanol–water partition coefficient (Wildman–Crippen LogP) is 12.5. The molecule has 4 atom stereocenters. The Morgan fingerprint density at radius 1 is 0.597 bits per heavy atom. The molecule has 0 radical (unpaired) electrons. The molecule has 352 valence electrons. The Balaban J connectivity index is 0.000000146. The number of carbonyl (C=O) groups excluding carboxylic acids is 5. The van der Waals surface area contributed by atoms with Crippen molar-refractivity contribution in [1.29, 1.82) is 0 Å². The molecule has 3 N–H and O–H groups in total. The zero-order valence-electron chi connectivity index (χ0n) is 37.5. The SMILES string of the molecule is C.CCOC(=O)N1C(=O)c2c(c3c4ccccc4n(C4C=C[C@H](N=[N+]=[N-])C4)c3c3[nH]c4ccccc4c23)C1=O.[N-]=[N+]=N[C@H]1C=CC(n2c3ccccc3c3c4c(c5c6ccccc6[nH]c5c32)C(=O)NC4=O)C1. The molecule has 4 aliphatic rings. The van der Waals surface area contributed by atoms with Crippen LogP contribution in [0.25, 0.3) is 108 Å². The predicted molar refractivity (Wildman–Crippen MR) is 275 cm³/mol. The van der Waals surface area contributed by atoms with Crippen LogP contribution < -0.4 is 5.32 Å². The number of carbonyl (C=O) groups is 5. The van der Waals surface area contributed by atoms with Crippen LogP contribution in [-0.2, 0) is 4.74 Å². The molecule has 6 heterocycles. The Kier molecular flexibility index (Phi) is 9.84. The van der Waals surface area contributed by atoms with Gasteiger partial charge in [0, 0.05) is 75.0 Å². The molecule has 6 aromatic carbocycles. The maximum Gasteiger partial charge on any atom is 0.424 e. The van der Waals surface area contributed by atoms with Crippen molar-refractivity contribution in [2.45, 2.75) is 51.4 Å². The molecular weight excluding hydrogens is 913 g/mol. The van der Waals surface area contributed by atoms with Gasteiger partial charge in [-0.25, -0.2) is 4.79 Å². The number of nitrogens with one attached hydrogen (secondary N) is 3. The van der Waals surface area contributed by atoms with Crippen molar-refractivity contribution in [2.75, 3.05) is 6.61 Å². The Hall–Kier alpha value is -9.63. The molecule has 2 aliphatic heterocycles. The largest absolute Gasteiger partial charge is 0.449 e. The second-order valence-corrected chi connectivity index (χ2v) is 17.9. The van der Waals surface area contributed by atoms with Crippen LogP contribution in [0.1, 0.15) is 80.7 Å². The van der Waals surface area contributed by atoms with E-state index in [1.165, 1.54) is 0 Å². The molecule has 18 heteroatoms. The van der Waals surface area contributed by atoms with Gasteiger partial charge in [-0.05, 0) is 55.1 Å². The van der Waals surface area contributed by atoms with E-state index in [2.05, 4.69) is 50.5 Å². The van der Waals surface area contributed by atoms with Gasteiger partial charge < -0.3 is 23.8 Å². The van der Waals surface area contributed by atoms with Crippen LogP contribution in [-0.4, -0.2) is 72.4 Å². The number of para-hydroxylation sites is 4. The minimum absolute atomic E-state index is 0. The standard InChI is InChI=1S/C28H20N6O4.C25H16N6O2.CH4/c1-2-38-28(37)34-26(35)22-20-16-7-3-5-9-18(16)30-24(20)25-21(23(22)27(34)36)17-8-4-6-10-19(17)33(25)15-12-11-14(13-15)31-32-29;26-30-29-12-9-10-13(11-12)31-17-8-4-2-6-15(17)19-21-20(24(32)28-25(21)33)18-14-5-1-3-7-16(14)27-22(18)23(19)31;/h3-12,14-15,30H,2,13H2,1H3;1-10,12-13,27H,11H2,(H,28,32,33);1H4/t14-,15?;12-,13?;/m00./s1. The molecule has 4 aromatic heterocycles. The van der Waals surface area contributed by atoms with Crippen LogP contribution >= 0.6 is 0 Å². The third-order valence-electron chi connectivity index (χ3n) is 14.3. The van der Waals surface area contributed by atoms with Gasteiger partial charge in [-0.15, -0.1) is 0 Å². The maximum atomic E-state index is 13.9. The Bertz CT molecular complexity index is 4290. The lowest BCUT2D eigenvalue weighted by atomic mass is 9.96. The number of imide groups is 4. The van der Waals surface area contributed by atoms with E-state index in [-0.39, 0.29) is 61.1 Å². The maximum absolute atomic E-state index is 13.9. The van der Waals surface area contributed by atoms with Gasteiger partial charge in [0.25, 0.3) is 23.6 Å². The molecule has 18 nitrogen and oxygen atoms in total. The molecule has 0 saturated heterocycles. The van der Waals surface area contributed by atoms with E-state index in [0.717, 1.165) is 70.9 Å². The third-order valence-corrected chi connectivity index (χ3v) is 14.3. The number of rotatable bonds is 5. The summed E-state index contributed by atoms with van der Waals surface area (Å²) >= 11 is 0. The monoisotopic (exact) mass is 952 g/mol. The first-order valence-electron chi connectivity index (χ1n) is 23.1. The van der Waals surface area contributed by atoms with E-state index in [4.69, 9.17) is 15.8 Å². The number of benzene rings is 6. The molecule has 0 saturated carbocycles. The lowest BCUT2D eigenvalue weighted by Crippen LogP contribution is -2.36. The molecule has 5 amide bonds. The summed E-state index contributed by atoms with van der Waals surface area (Å²) < 4.78 is 9.43. The summed E-state index contributed by atoms with van der Waals surface area (Å²) in [6, 6.07) is 30.3. The van der Waals surface area contributed by atoms with Gasteiger partial charge in [-0.2, -0.15) is 4.90 Å². The number of azide groups is 2. The van der Waals surface area contributed by atoms with Gasteiger partial charge in [0.1, 0.15) is 0 Å². The number of allylic oxidation sites excluding steroid dienone is 2. The fraction of sp³-hybridized carbons (Fsp3) is 0.167. The van der Waals surface area contributed by atoms with Gasteiger partial charge in [0.05, 0.1) is 75.1 Å². The van der Waals surface area contributed by atoms with Crippen molar-refractivity contribution >= 4 is 117 Å². The molecule has 0 fully saturated rings. The lowest BCUT2D eigenvalue weighted by Gasteiger charge is -2.16. The zero-order valence-corrected chi connectivity index (χ0v) is 37.5. The first-order chi connectivity index (χ1) is 34.7. The van der Waals surface area contributed by atoms with Crippen LogP contribution in [0.3, 0.4) is 0 Å². The fourth-order valence-electron chi connectivity index (χ4n) is 11.7. The molecule has 2 aliphatic carbocycles. The van der Waals surface area contributed by atoms with Crippen molar-refractivity contribution in [2.24, 2.45) is 10.2 Å². The Morgan fingerprint density at radius 2 is 1.01 bits per heavy atom. The van der Waals surface area contributed by atoms with E-state index < -0.39 is 17.9 Å². The molecule has 2 unspecified atom stereocenters. The summed E-state index contributed by atoms with van der Waals surface area (Å²) in [6.07, 6.45) is 8.07. The average Bonchev–Trinajstić information content (AvgIpc) is 4.26. The summed E-state index contributed by atoms with van der Waals surface area (Å²) in [4.78, 5) is 80.0. The van der Waals surface area contributed by atoms with Gasteiger partial charge >= 0.3 is 6.09 Å². The minimum Gasteiger partial charge on any atom is -0.449 e. The van der Waals surface area contributed by atoms with Crippen LogP contribution in [0, 0.1) is 0 Å². The number of nitrogens with zero attached hydrogens (tertiary/aromatic N) is 9. The summed E-state index contributed by atoms with van der Waals surface area (Å²) in [5.74, 6) is -2.13.